The van der Waals surface area contributed by atoms with Gasteiger partial charge in [0.2, 0.25) is 26.6 Å². The molecule has 0 atom stereocenters. The molecule has 0 aliphatic carbocycles. The Bertz CT molecular complexity index is 891. The molecule has 1 aromatic carbocycles. The largest absolute Gasteiger partial charge is 0.419 e. The second kappa shape index (κ2) is 6.21. The Labute approximate surface area is 134 Å². The summed E-state index contributed by atoms with van der Waals surface area (Å²) in [5.41, 5.74) is 0.612. The highest BCUT2D eigenvalue weighted by Gasteiger charge is 2.28. The molecule has 0 amide bonds. The fourth-order valence-electron chi connectivity index (χ4n) is 2.08. The van der Waals surface area contributed by atoms with Crippen LogP contribution in [0.15, 0.2) is 69.2 Å². The third-order valence-electron chi connectivity index (χ3n) is 3.15. The minimum Gasteiger partial charge on any atom is -0.419 e. The van der Waals surface area contributed by atoms with Crippen molar-refractivity contribution in [3.05, 3.63) is 54.9 Å². The van der Waals surface area contributed by atoms with Crippen LogP contribution in [0.3, 0.4) is 0 Å². The zero-order valence-corrected chi connectivity index (χ0v) is 13.2. The van der Waals surface area contributed by atoms with Gasteiger partial charge in [0.25, 0.3) is 0 Å². The van der Waals surface area contributed by atoms with Crippen molar-refractivity contribution in [3.8, 4) is 11.5 Å². The molecule has 0 spiro atoms. The first-order valence-electron chi connectivity index (χ1n) is 7.08. The van der Waals surface area contributed by atoms with E-state index >= 15 is 0 Å². The van der Waals surface area contributed by atoms with Crippen LogP contribution in [0.25, 0.3) is 11.5 Å². The Kier molecular flexibility index (Phi) is 4.12. The van der Waals surface area contributed by atoms with Crippen LogP contribution in [-0.4, -0.2) is 24.9 Å². The molecule has 0 aliphatic rings. The quantitative estimate of drug-likeness (QED) is 0.774. The van der Waals surface area contributed by atoms with E-state index in [9.17, 15) is 8.42 Å². The van der Waals surface area contributed by atoms with Crippen LogP contribution in [0.5, 0.6) is 0 Å². The summed E-state index contributed by atoms with van der Waals surface area (Å²) in [5, 5.41) is 2.79. The van der Waals surface area contributed by atoms with Crippen molar-refractivity contribution in [1.29, 1.82) is 0 Å². The molecule has 0 unspecified atom stereocenters. The number of nitrogens with one attached hydrogen (secondary N) is 1. The van der Waals surface area contributed by atoms with Gasteiger partial charge < -0.3 is 9.73 Å². The number of anilines is 1. The number of sulfone groups is 1. The van der Waals surface area contributed by atoms with Crippen LogP contribution in [0.2, 0.25) is 0 Å². The van der Waals surface area contributed by atoms with E-state index in [1.165, 1.54) is 12.1 Å². The van der Waals surface area contributed by atoms with Gasteiger partial charge in [-0.3, -0.25) is 4.98 Å². The van der Waals surface area contributed by atoms with Crippen molar-refractivity contribution in [3.63, 3.8) is 0 Å². The molecule has 23 heavy (non-hydrogen) atoms. The van der Waals surface area contributed by atoms with Gasteiger partial charge in [-0.2, -0.15) is 4.98 Å². The number of benzene rings is 1. The van der Waals surface area contributed by atoms with Crippen LogP contribution >= 0.6 is 0 Å². The van der Waals surface area contributed by atoms with Crippen molar-refractivity contribution in [2.24, 2.45) is 0 Å². The third-order valence-corrected chi connectivity index (χ3v) is 4.83. The van der Waals surface area contributed by atoms with E-state index in [0.29, 0.717) is 12.1 Å². The number of rotatable bonds is 5. The van der Waals surface area contributed by atoms with Crippen molar-refractivity contribution in [2.45, 2.75) is 16.8 Å². The van der Waals surface area contributed by atoms with Crippen molar-refractivity contribution in [1.82, 2.24) is 9.97 Å². The molecule has 118 valence electrons. The fraction of sp³-hybridized carbons (Fsp3) is 0.125. The highest BCUT2D eigenvalue weighted by Crippen LogP contribution is 2.31. The zero-order valence-electron chi connectivity index (χ0n) is 12.4. The van der Waals surface area contributed by atoms with Gasteiger partial charge in [0, 0.05) is 18.9 Å². The van der Waals surface area contributed by atoms with Crippen LogP contribution in [-0.2, 0) is 9.84 Å². The van der Waals surface area contributed by atoms with Crippen molar-refractivity contribution in [2.75, 3.05) is 11.9 Å². The summed E-state index contributed by atoms with van der Waals surface area (Å²) in [6.45, 7) is 2.37. The highest BCUT2D eigenvalue weighted by molar-refractivity contribution is 7.91. The molecule has 6 nitrogen and oxygen atoms in total. The van der Waals surface area contributed by atoms with E-state index in [1.807, 2.05) is 6.92 Å². The minimum absolute atomic E-state index is 0.121. The minimum atomic E-state index is -3.77. The predicted molar refractivity (Wildman–Crippen MR) is 85.8 cm³/mol. The van der Waals surface area contributed by atoms with Gasteiger partial charge in [0.1, 0.15) is 0 Å². The third kappa shape index (κ3) is 2.95. The number of pyridine rings is 1. The molecule has 2 aromatic heterocycles. The summed E-state index contributed by atoms with van der Waals surface area (Å²) >= 11 is 0. The van der Waals surface area contributed by atoms with E-state index < -0.39 is 9.84 Å². The molecule has 1 N–H and O–H groups in total. The van der Waals surface area contributed by atoms with E-state index in [0.717, 1.165) is 0 Å². The van der Waals surface area contributed by atoms with Gasteiger partial charge in [0.15, 0.2) is 0 Å². The molecule has 7 heteroatoms. The number of aromatic nitrogens is 2. The zero-order chi connectivity index (χ0) is 16.3. The predicted octanol–water partition coefficient (Wildman–Crippen LogP) is 3.00. The van der Waals surface area contributed by atoms with Gasteiger partial charge in [0.05, 0.1) is 10.5 Å². The Hall–Kier alpha value is -2.67. The smallest absolute Gasteiger partial charge is 0.233 e. The SMILES string of the molecule is CCNc1oc(-c2cccnc2)nc1S(=O)(=O)c1ccccc1. The lowest BCUT2D eigenvalue weighted by Gasteiger charge is -2.03. The summed E-state index contributed by atoms with van der Waals surface area (Å²) in [7, 11) is -3.77. The summed E-state index contributed by atoms with van der Waals surface area (Å²) < 4.78 is 31.2. The Morgan fingerprint density at radius 3 is 2.57 bits per heavy atom. The maximum absolute atomic E-state index is 12.8. The Morgan fingerprint density at radius 2 is 1.91 bits per heavy atom. The average molecular weight is 329 g/mol. The molecule has 3 rings (SSSR count). The Balaban J connectivity index is 2.13. The second-order valence-corrected chi connectivity index (χ2v) is 6.61. The van der Waals surface area contributed by atoms with Crippen molar-refractivity contribution >= 4 is 15.7 Å². The summed E-state index contributed by atoms with van der Waals surface area (Å²) in [6.07, 6.45) is 3.19. The average Bonchev–Trinajstić information content (AvgIpc) is 3.02. The molecular formula is C16H15N3O3S. The van der Waals surface area contributed by atoms with Gasteiger partial charge in [-0.25, -0.2) is 8.42 Å². The molecule has 2 heterocycles. The molecule has 0 aliphatic heterocycles. The molecule has 3 aromatic rings. The monoisotopic (exact) mass is 329 g/mol. The van der Waals surface area contributed by atoms with E-state index in [4.69, 9.17) is 4.42 Å². The number of hydrogen-bond donors (Lipinski definition) is 1. The van der Waals surface area contributed by atoms with Gasteiger partial charge in [-0.15, -0.1) is 0 Å². The molecule has 0 saturated carbocycles. The molecular weight excluding hydrogens is 314 g/mol. The summed E-state index contributed by atoms with van der Waals surface area (Å²) in [4.78, 5) is 8.36. The van der Waals surface area contributed by atoms with Gasteiger partial charge in [-0.1, -0.05) is 18.2 Å². The summed E-state index contributed by atoms with van der Waals surface area (Å²) in [6, 6.07) is 11.6. The van der Waals surface area contributed by atoms with Crippen LogP contribution in [0.4, 0.5) is 5.88 Å². The standard InChI is InChI=1S/C16H15N3O3S/c1-2-18-15-16(23(20,21)13-8-4-3-5-9-13)19-14(22-15)12-7-6-10-17-11-12/h3-11,18H,2H2,1H3. The molecule has 0 bridgehead atoms. The lowest BCUT2D eigenvalue weighted by molar-refractivity contribution is 0.578. The molecule has 0 fully saturated rings. The van der Waals surface area contributed by atoms with E-state index in [1.54, 1.807) is 42.7 Å². The number of hydrogen-bond acceptors (Lipinski definition) is 6. The van der Waals surface area contributed by atoms with Crippen LogP contribution in [0, 0.1) is 0 Å². The molecule has 0 saturated heterocycles. The maximum Gasteiger partial charge on any atom is 0.233 e. The van der Waals surface area contributed by atoms with E-state index in [-0.39, 0.29) is 21.7 Å². The maximum atomic E-state index is 12.8. The van der Waals surface area contributed by atoms with Gasteiger partial charge >= 0.3 is 0 Å². The van der Waals surface area contributed by atoms with Crippen LogP contribution in [0.1, 0.15) is 6.92 Å². The van der Waals surface area contributed by atoms with Gasteiger partial charge in [-0.05, 0) is 31.2 Å². The number of oxazole rings is 1. The van der Waals surface area contributed by atoms with Crippen LogP contribution < -0.4 is 5.32 Å². The van der Waals surface area contributed by atoms with E-state index in [2.05, 4.69) is 15.3 Å². The molecule has 0 radical (unpaired) electrons. The highest BCUT2D eigenvalue weighted by atomic mass is 32.2. The number of nitrogens with zero attached hydrogens (tertiary/aromatic N) is 2. The topological polar surface area (TPSA) is 85.1 Å². The first-order chi connectivity index (χ1) is 11.1. The lowest BCUT2D eigenvalue weighted by Crippen LogP contribution is -2.06. The summed E-state index contributed by atoms with van der Waals surface area (Å²) in [5.74, 6) is 0.346. The normalized spacial score (nSPS) is 11.3. The first-order valence-corrected chi connectivity index (χ1v) is 8.56. The lowest BCUT2D eigenvalue weighted by atomic mass is 10.3. The second-order valence-electron chi connectivity index (χ2n) is 4.74. The first kappa shape index (κ1) is 15.2. The fourth-order valence-corrected chi connectivity index (χ4v) is 3.38. The van der Waals surface area contributed by atoms with Crippen molar-refractivity contribution < 1.29 is 12.8 Å². The Morgan fingerprint density at radius 1 is 1.13 bits per heavy atom.